The summed E-state index contributed by atoms with van der Waals surface area (Å²) in [4.78, 5) is 10.5. The van der Waals surface area contributed by atoms with Gasteiger partial charge in [0.05, 0.1) is 10.5 Å². The van der Waals surface area contributed by atoms with Crippen LogP contribution in [0.25, 0.3) is 0 Å². The van der Waals surface area contributed by atoms with E-state index < -0.39 is 11.0 Å². The molecule has 5 nitrogen and oxygen atoms in total. The summed E-state index contributed by atoms with van der Waals surface area (Å²) in [5.41, 5.74) is 1.09. The Kier molecular flexibility index (Phi) is 5.27. The van der Waals surface area contributed by atoms with Gasteiger partial charge < -0.3 is 9.84 Å². The molecular formula is C17H17NO4. The molecule has 2 aromatic carbocycles. The van der Waals surface area contributed by atoms with Crippen molar-refractivity contribution in [3.63, 3.8) is 0 Å². The van der Waals surface area contributed by atoms with E-state index in [0.29, 0.717) is 12.4 Å². The van der Waals surface area contributed by atoms with Gasteiger partial charge >= 0.3 is 0 Å². The minimum absolute atomic E-state index is 0.127. The molecule has 0 amide bonds. The van der Waals surface area contributed by atoms with Crippen LogP contribution in [0, 0.1) is 10.1 Å². The first-order valence-electron chi connectivity index (χ1n) is 6.87. The lowest BCUT2D eigenvalue weighted by molar-refractivity contribution is -0.386. The van der Waals surface area contributed by atoms with Gasteiger partial charge in [-0.15, -0.1) is 0 Å². The maximum atomic E-state index is 11.1. The average Bonchev–Trinajstić information content (AvgIpc) is 2.53. The smallest absolute Gasteiger partial charge is 0.275 e. The highest BCUT2D eigenvalue weighted by Crippen LogP contribution is 2.30. The maximum absolute atomic E-state index is 11.1. The Morgan fingerprint density at radius 1 is 1.27 bits per heavy atom. The standard InChI is InChI=1S/C17H17NO4/c1-2-6-17(19)15-11-14(9-10-16(15)18(20)21)22-12-13-7-4-3-5-8-13/h2-11,17,19H,12H2,1H3. The lowest BCUT2D eigenvalue weighted by Gasteiger charge is -2.11. The third-order valence-electron chi connectivity index (χ3n) is 3.14. The van der Waals surface area contributed by atoms with Gasteiger partial charge in [0.15, 0.2) is 0 Å². The maximum Gasteiger partial charge on any atom is 0.275 e. The highest BCUT2D eigenvalue weighted by atomic mass is 16.6. The fraction of sp³-hybridized carbons (Fsp3) is 0.176. The summed E-state index contributed by atoms with van der Waals surface area (Å²) in [5, 5.41) is 21.1. The van der Waals surface area contributed by atoms with Crippen LogP contribution >= 0.6 is 0 Å². The van der Waals surface area contributed by atoms with Gasteiger partial charge in [0, 0.05) is 6.07 Å². The van der Waals surface area contributed by atoms with Crippen molar-refractivity contribution in [2.24, 2.45) is 0 Å². The van der Waals surface area contributed by atoms with E-state index >= 15 is 0 Å². The molecule has 1 N–H and O–H groups in total. The van der Waals surface area contributed by atoms with E-state index in [9.17, 15) is 15.2 Å². The SMILES string of the molecule is CC=CC(O)c1cc(OCc2ccccc2)ccc1[N+](=O)[O-]. The first-order valence-corrected chi connectivity index (χ1v) is 6.87. The zero-order valence-electron chi connectivity index (χ0n) is 12.2. The molecule has 2 rings (SSSR count). The fourth-order valence-corrected chi connectivity index (χ4v) is 2.05. The Morgan fingerprint density at radius 2 is 2.00 bits per heavy atom. The molecule has 1 atom stereocenters. The van der Waals surface area contributed by atoms with Crippen molar-refractivity contribution in [3.05, 3.63) is 81.9 Å². The van der Waals surface area contributed by atoms with E-state index in [2.05, 4.69) is 0 Å². The molecule has 0 spiro atoms. The molecule has 0 fully saturated rings. The van der Waals surface area contributed by atoms with E-state index in [1.807, 2.05) is 30.3 Å². The summed E-state index contributed by atoms with van der Waals surface area (Å²) in [6.07, 6.45) is 2.10. The van der Waals surface area contributed by atoms with E-state index in [0.717, 1.165) is 5.56 Å². The van der Waals surface area contributed by atoms with Crippen molar-refractivity contribution in [2.45, 2.75) is 19.6 Å². The molecule has 0 aliphatic rings. The van der Waals surface area contributed by atoms with Crippen LogP contribution in [-0.4, -0.2) is 10.0 Å². The molecule has 114 valence electrons. The van der Waals surface area contributed by atoms with Crippen molar-refractivity contribution in [3.8, 4) is 5.75 Å². The summed E-state index contributed by atoms with van der Waals surface area (Å²) < 4.78 is 5.64. The number of allylic oxidation sites excluding steroid dienone is 1. The number of hydrogen-bond acceptors (Lipinski definition) is 4. The van der Waals surface area contributed by atoms with Gasteiger partial charge in [-0.05, 0) is 24.6 Å². The minimum Gasteiger partial charge on any atom is -0.489 e. The van der Waals surface area contributed by atoms with Gasteiger partial charge in [-0.2, -0.15) is 0 Å². The van der Waals surface area contributed by atoms with Crippen molar-refractivity contribution in [1.29, 1.82) is 0 Å². The largest absolute Gasteiger partial charge is 0.489 e. The van der Waals surface area contributed by atoms with Gasteiger partial charge in [0.25, 0.3) is 5.69 Å². The van der Waals surface area contributed by atoms with Crippen LogP contribution in [0.4, 0.5) is 5.69 Å². The first-order chi connectivity index (χ1) is 10.6. The minimum atomic E-state index is -1.04. The number of nitrogens with zero attached hydrogens (tertiary/aromatic N) is 1. The topological polar surface area (TPSA) is 72.6 Å². The molecule has 22 heavy (non-hydrogen) atoms. The Labute approximate surface area is 128 Å². The van der Waals surface area contributed by atoms with E-state index in [1.54, 1.807) is 13.0 Å². The highest BCUT2D eigenvalue weighted by molar-refractivity contribution is 5.47. The van der Waals surface area contributed by atoms with Crippen molar-refractivity contribution < 1.29 is 14.8 Å². The van der Waals surface area contributed by atoms with Crippen LogP contribution in [0.5, 0.6) is 5.75 Å². The summed E-state index contributed by atoms with van der Waals surface area (Å²) in [5.74, 6) is 0.480. The summed E-state index contributed by atoms with van der Waals surface area (Å²) in [7, 11) is 0. The van der Waals surface area contributed by atoms with Gasteiger partial charge in [-0.25, -0.2) is 0 Å². The summed E-state index contributed by atoms with van der Waals surface area (Å²) >= 11 is 0. The van der Waals surface area contributed by atoms with Gasteiger partial charge in [-0.1, -0.05) is 42.5 Å². The van der Waals surface area contributed by atoms with E-state index in [-0.39, 0.29) is 11.3 Å². The summed E-state index contributed by atoms with van der Waals surface area (Å²) in [6, 6.07) is 14.0. The van der Waals surface area contributed by atoms with Gasteiger partial charge in [0.2, 0.25) is 0 Å². The fourth-order valence-electron chi connectivity index (χ4n) is 2.05. The number of nitro benzene ring substituents is 1. The van der Waals surface area contributed by atoms with Crippen molar-refractivity contribution >= 4 is 5.69 Å². The highest BCUT2D eigenvalue weighted by Gasteiger charge is 2.19. The van der Waals surface area contributed by atoms with Crippen molar-refractivity contribution in [2.75, 3.05) is 0 Å². The number of rotatable bonds is 6. The molecular weight excluding hydrogens is 282 g/mol. The van der Waals surface area contributed by atoms with Crippen LogP contribution in [0.15, 0.2) is 60.7 Å². The van der Waals surface area contributed by atoms with Gasteiger partial charge in [0.1, 0.15) is 18.5 Å². The molecule has 0 heterocycles. The second-order valence-corrected chi connectivity index (χ2v) is 4.72. The lowest BCUT2D eigenvalue weighted by atomic mass is 10.1. The average molecular weight is 299 g/mol. The molecule has 0 bridgehead atoms. The molecule has 0 radical (unpaired) electrons. The Hall–Kier alpha value is -2.66. The number of nitro groups is 1. The Morgan fingerprint density at radius 3 is 2.64 bits per heavy atom. The Bertz CT molecular complexity index is 668. The van der Waals surface area contributed by atoms with Gasteiger partial charge in [-0.3, -0.25) is 10.1 Å². The first kappa shape index (κ1) is 15.7. The molecule has 0 saturated heterocycles. The van der Waals surface area contributed by atoms with Crippen LogP contribution in [0.2, 0.25) is 0 Å². The lowest BCUT2D eigenvalue weighted by Crippen LogP contribution is -2.02. The summed E-state index contributed by atoms with van der Waals surface area (Å²) in [6.45, 7) is 2.10. The third kappa shape index (κ3) is 3.93. The predicted molar refractivity (Wildman–Crippen MR) is 83.6 cm³/mol. The second kappa shape index (κ2) is 7.38. The quantitative estimate of drug-likeness (QED) is 0.500. The number of aliphatic hydroxyl groups excluding tert-OH is 1. The number of benzene rings is 2. The molecule has 0 aliphatic carbocycles. The number of aliphatic hydroxyl groups is 1. The van der Waals surface area contributed by atoms with Crippen LogP contribution in [0.3, 0.4) is 0 Å². The monoisotopic (exact) mass is 299 g/mol. The molecule has 0 aliphatic heterocycles. The molecule has 0 aromatic heterocycles. The normalized spacial score (nSPS) is 12.3. The molecule has 5 heteroatoms. The van der Waals surface area contributed by atoms with Crippen LogP contribution in [-0.2, 0) is 6.61 Å². The zero-order valence-corrected chi connectivity index (χ0v) is 12.2. The second-order valence-electron chi connectivity index (χ2n) is 4.72. The number of ether oxygens (including phenoxy) is 1. The Balaban J connectivity index is 2.22. The van der Waals surface area contributed by atoms with Crippen molar-refractivity contribution in [1.82, 2.24) is 0 Å². The van der Waals surface area contributed by atoms with E-state index in [1.165, 1.54) is 24.3 Å². The molecule has 2 aromatic rings. The van der Waals surface area contributed by atoms with Crippen LogP contribution < -0.4 is 4.74 Å². The number of hydrogen-bond donors (Lipinski definition) is 1. The molecule has 1 unspecified atom stereocenters. The predicted octanol–water partition coefficient (Wildman–Crippen LogP) is 3.78. The van der Waals surface area contributed by atoms with E-state index in [4.69, 9.17) is 4.74 Å². The molecule has 0 saturated carbocycles. The van der Waals surface area contributed by atoms with Crippen LogP contribution in [0.1, 0.15) is 24.2 Å². The third-order valence-corrected chi connectivity index (χ3v) is 3.14. The zero-order chi connectivity index (χ0) is 15.9.